The van der Waals surface area contributed by atoms with Gasteiger partial charge in [-0.05, 0) is 61.5 Å². The molecular formula is C23H27NOS. The second-order valence-electron chi connectivity index (χ2n) is 9.44. The Morgan fingerprint density at radius 2 is 2.04 bits per heavy atom. The first-order chi connectivity index (χ1) is 12.4. The lowest BCUT2D eigenvalue weighted by molar-refractivity contribution is -0.134. The maximum Gasteiger partial charge on any atom is 0.138 e. The fourth-order valence-corrected chi connectivity index (χ4v) is 7.60. The highest BCUT2D eigenvalue weighted by molar-refractivity contribution is 7.11. The summed E-state index contributed by atoms with van der Waals surface area (Å²) >= 11 is 1.85. The van der Waals surface area contributed by atoms with Crippen molar-refractivity contribution in [3.05, 3.63) is 51.0 Å². The molecule has 1 aromatic heterocycles. The number of rotatable bonds is 0. The Kier molecular flexibility index (Phi) is 3.54. The van der Waals surface area contributed by atoms with Gasteiger partial charge in [-0.3, -0.25) is 4.79 Å². The molecule has 0 N–H and O–H groups in total. The molecule has 3 atom stereocenters. The molecule has 1 saturated carbocycles. The van der Waals surface area contributed by atoms with Crippen LogP contribution in [-0.2, 0) is 23.1 Å². The summed E-state index contributed by atoms with van der Waals surface area (Å²) in [7, 11) is 0. The molecule has 3 aliphatic carbocycles. The third-order valence-electron chi connectivity index (χ3n) is 7.00. The summed E-state index contributed by atoms with van der Waals surface area (Å²) in [4.78, 5) is 19.9. The van der Waals surface area contributed by atoms with E-state index in [9.17, 15) is 4.79 Å². The largest absolute Gasteiger partial charge is 0.299 e. The molecule has 3 aliphatic rings. The second-order valence-corrected chi connectivity index (χ2v) is 10.6. The quantitative estimate of drug-likeness (QED) is 0.638. The predicted octanol–water partition coefficient (Wildman–Crippen LogP) is 5.25. The minimum Gasteiger partial charge on any atom is -0.299 e. The van der Waals surface area contributed by atoms with Gasteiger partial charge in [-0.1, -0.05) is 38.1 Å². The van der Waals surface area contributed by atoms with E-state index in [1.54, 1.807) is 0 Å². The zero-order valence-electron chi connectivity index (χ0n) is 16.0. The first-order valence-corrected chi connectivity index (χ1v) is 10.8. The van der Waals surface area contributed by atoms with Crippen molar-refractivity contribution in [2.24, 2.45) is 17.3 Å². The van der Waals surface area contributed by atoms with Crippen molar-refractivity contribution in [1.29, 1.82) is 0 Å². The lowest BCUT2D eigenvalue weighted by atomic mass is 9.49. The summed E-state index contributed by atoms with van der Waals surface area (Å²) in [5.41, 5.74) is 4.17. The lowest BCUT2D eigenvalue weighted by Crippen LogP contribution is -2.54. The maximum atomic E-state index is 13.5. The Morgan fingerprint density at radius 1 is 1.23 bits per heavy atom. The van der Waals surface area contributed by atoms with Gasteiger partial charge in [0.25, 0.3) is 0 Å². The molecule has 1 aromatic carbocycles. The number of aryl methyl sites for hydroxylation is 2. The van der Waals surface area contributed by atoms with Gasteiger partial charge in [0.15, 0.2) is 0 Å². The average Bonchev–Trinajstić information content (AvgIpc) is 2.94. The van der Waals surface area contributed by atoms with E-state index in [0.717, 1.165) is 37.1 Å². The number of hydrogen-bond acceptors (Lipinski definition) is 3. The van der Waals surface area contributed by atoms with Crippen LogP contribution in [-0.4, -0.2) is 10.8 Å². The number of Topliss-reactive ketones (excluding diaryl/α,β-unsaturated/α-hetero) is 1. The third kappa shape index (κ3) is 2.22. The van der Waals surface area contributed by atoms with Crippen molar-refractivity contribution in [1.82, 2.24) is 4.98 Å². The Labute approximate surface area is 160 Å². The molecule has 1 heterocycles. The number of nitrogens with zero attached hydrogens (tertiary/aromatic N) is 1. The van der Waals surface area contributed by atoms with Crippen LogP contribution < -0.4 is 0 Å². The molecule has 3 unspecified atom stereocenters. The van der Waals surface area contributed by atoms with E-state index in [1.807, 2.05) is 11.3 Å². The van der Waals surface area contributed by atoms with E-state index >= 15 is 0 Å². The zero-order chi connectivity index (χ0) is 18.1. The number of ketones is 1. The number of hydrogen-bond donors (Lipinski definition) is 0. The molecule has 0 amide bonds. The van der Waals surface area contributed by atoms with Crippen LogP contribution in [0.2, 0.25) is 0 Å². The van der Waals surface area contributed by atoms with Crippen molar-refractivity contribution in [2.45, 2.75) is 64.7 Å². The van der Waals surface area contributed by atoms with Crippen molar-refractivity contribution < 1.29 is 4.79 Å². The molecule has 2 aromatic rings. The standard InChI is InChI=1S/C23H27NOS/c1-14-24-18-11-16-12-22(2,3)13-19(25)20(16)23(21(18)26-14)10-6-8-15-7-4-5-9-17(15)23/h4-5,7,9,16,20H,6,8,10-13H2,1-3H3. The van der Waals surface area contributed by atoms with Crippen molar-refractivity contribution in [3.8, 4) is 0 Å². The van der Waals surface area contributed by atoms with Gasteiger partial charge in [0, 0.05) is 22.6 Å². The normalized spacial score (nSPS) is 32.0. The second kappa shape index (κ2) is 5.51. The zero-order valence-corrected chi connectivity index (χ0v) is 16.8. The van der Waals surface area contributed by atoms with E-state index in [-0.39, 0.29) is 16.7 Å². The van der Waals surface area contributed by atoms with E-state index < -0.39 is 0 Å². The minimum atomic E-state index is -0.118. The minimum absolute atomic E-state index is 0.118. The highest BCUT2D eigenvalue weighted by atomic mass is 32.1. The molecule has 136 valence electrons. The Bertz CT molecular complexity index is 895. The van der Waals surface area contributed by atoms with Gasteiger partial charge < -0.3 is 0 Å². The van der Waals surface area contributed by atoms with Crippen LogP contribution >= 0.6 is 11.3 Å². The van der Waals surface area contributed by atoms with Crippen LogP contribution in [0.25, 0.3) is 0 Å². The third-order valence-corrected chi connectivity index (χ3v) is 8.19. The SMILES string of the molecule is Cc1nc2c(s1)C1(CCCc3ccccc31)C1C(=O)CC(C)(C)CC1C2. The summed E-state index contributed by atoms with van der Waals surface area (Å²) in [6.45, 7) is 6.66. The molecular weight excluding hydrogens is 338 g/mol. The fraction of sp³-hybridized carbons (Fsp3) is 0.565. The molecule has 5 rings (SSSR count). The number of thiazole rings is 1. The van der Waals surface area contributed by atoms with E-state index in [1.165, 1.54) is 28.1 Å². The summed E-state index contributed by atoms with van der Waals surface area (Å²) in [5, 5.41) is 1.16. The Hall–Kier alpha value is -1.48. The molecule has 0 radical (unpaired) electrons. The average molecular weight is 366 g/mol. The number of carbonyl (C=O) groups is 1. The van der Waals surface area contributed by atoms with Crippen molar-refractivity contribution >= 4 is 17.1 Å². The number of aromatic nitrogens is 1. The summed E-state index contributed by atoms with van der Waals surface area (Å²) in [6, 6.07) is 8.91. The van der Waals surface area contributed by atoms with E-state index in [0.29, 0.717) is 11.7 Å². The van der Waals surface area contributed by atoms with E-state index in [2.05, 4.69) is 45.0 Å². The molecule has 0 saturated heterocycles. The first kappa shape index (κ1) is 16.7. The number of benzene rings is 1. The summed E-state index contributed by atoms with van der Waals surface area (Å²) in [5.74, 6) is 1.08. The van der Waals surface area contributed by atoms with Gasteiger partial charge in [0.1, 0.15) is 5.78 Å². The number of carbonyl (C=O) groups excluding carboxylic acids is 1. The number of fused-ring (bicyclic) bond motifs is 6. The molecule has 2 nitrogen and oxygen atoms in total. The summed E-state index contributed by atoms with van der Waals surface area (Å²) in [6.07, 6.45) is 6.28. The van der Waals surface area contributed by atoms with Crippen LogP contribution in [0.3, 0.4) is 0 Å². The van der Waals surface area contributed by atoms with Crippen molar-refractivity contribution in [3.63, 3.8) is 0 Å². The van der Waals surface area contributed by atoms with Gasteiger partial charge >= 0.3 is 0 Å². The van der Waals surface area contributed by atoms with Crippen LogP contribution in [0.15, 0.2) is 24.3 Å². The fourth-order valence-electron chi connectivity index (χ4n) is 6.38. The van der Waals surface area contributed by atoms with Crippen LogP contribution in [0.5, 0.6) is 0 Å². The van der Waals surface area contributed by atoms with Gasteiger partial charge in [-0.15, -0.1) is 11.3 Å². The molecule has 0 aliphatic heterocycles. The van der Waals surface area contributed by atoms with Gasteiger partial charge in [0.2, 0.25) is 0 Å². The summed E-state index contributed by atoms with van der Waals surface area (Å²) < 4.78 is 0. The predicted molar refractivity (Wildman–Crippen MR) is 106 cm³/mol. The Morgan fingerprint density at radius 3 is 2.88 bits per heavy atom. The van der Waals surface area contributed by atoms with Gasteiger partial charge in [-0.2, -0.15) is 0 Å². The molecule has 1 spiro atoms. The topological polar surface area (TPSA) is 30.0 Å². The maximum absolute atomic E-state index is 13.5. The van der Waals surface area contributed by atoms with Gasteiger partial charge in [0.05, 0.1) is 10.7 Å². The molecule has 0 bridgehead atoms. The molecule has 1 fully saturated rings. The first-order valence-electron chi connectivity index (χ1n) is 9.99. The Balaban J connectivity index is 1.79. The van der Waals surface area contributed by atoms with Crippen LogP contribution in [0.4, 0.5) is 0 Å². The molecule has 26 heavy (non-hydrogen) atoms. The van der Waals surface area contributed by atoms with Crippen molar-refractivity contribution in [2.75, 3.05) is 0 Å². The van der Waals surface area contributed by atoms with E-state index in [4.69, 9.17) is 4.98 Å². The lowest BCUT2D eigenvalue weighted by Gasteiger charge is -2.53. The monoisotopic (exact) mass is 365 g/mol. The van der Waals surface area contributed by atoms with Crippen LogP contribution in [0, 0.1) is 24.2 Å². The smallest absolute Gasteiger partial charge is 0.138 e. The van der Waals surface area contributed by atoms with Gasteiger partial charge in [-0.25, -0.2) is 4.98 Å². The van der Waals surface area contributed by atoms with Crippen LogP contribution in [0.1, 0.15) is 66.2 Å². The molecule has 3 heteroatoms. The highest BCUT2D eigenvalue weighted by Gasteiger charge is 2.58. The highest BCUT2D eigenvalue weighted by Crippen LogP contribution is 2.60.